The minimum atomic E-state index is 0.498. The topological polar surface area (TPSA) is 33.3 Å². The Morgan fingerprint density at radius 1 is 1.22 bits per heavy atom. The van der Waals surface area contributed by atoms with Gasteiger partial charge in [0.25, 0.3) is 0 Å². The summed E-state index contributed by atoms with van der Waals surface area (Å²) in [6.45, 7) is 5.91. The van der Waals surface area contributed by atoms with E-state index in [0.717, 1.165) is 32.0 Å². The number of benzene rings is 1. The summed E-state index contributed by atoms with van der Waals surface area (Å²) in [4.78, 5) is 1.34. The molecule has 3 nitrogen and oxygen atoms in total. The third-order valence-electron chi connectivity index (χ3n) is 2.54. The second kappa shape index (κ2) is 10.4. The van der Waals surface area contributed by atoms with Gasteiger partial charge in [-0.25, -0.2) is 0 Å². The lowest BCUT2D eigenvalue weighted by Crippen LogP contribution is -2.38. The Morgan fingerprint density at radius 3 is 2.72 bits per heavy atom. The Kier molecular flexibility index (Phi) is 8.94. The number of methoxy groups -OCH3 is 1. The summed E-state index contributed by atoms with van der Waals surface area (Å²) in [6, 6.07) is 11.0. The average molecular weight is 268 g/mol. The first kappa shape index (κ1) is 15.5. The van der Waals surface area contributed by atoms with E-state index in [4.69, 9.17) is 4.74 Å². The van der Waals surface area contributed by atoms with Crippen LogP contribution in [-0.4, -0.2) is 45.1 Å². The summed E-state index contributed by atoms with van der Waals surface area (Å²) in [5, 5.41) is 6.86. The van der Waals surface area contributed by atoms with E-state index in [2.05, 4.69) is 47.9 Å². The maximum absolute atomic E-state index is 4.98. The van der Waals surface area contributed by atoms with E-state index in [9.17, 15) is 0 Å². The minimum absolute atomic E-state index is 0.498. The first-order valence-corrected chi connectivity index (χ1v) is 7.42. The largest absolute Gasteiger partial charge is 0.383 e. The fraction of sp³-hybridized carbons (Fsp3) is 0.571. The summed E-state index contributed by atoms with van der Waals surface area (Å²) < 4.78 is 4.98. The van der Waals surface area contributed by atoms with Crippen LogP contribution in [0.1, 0.15) is 6.92 Å². The lowest BCUT2D eigenvalue weighted by Gasteiger charge is -2.14. The summed E-state index contributed by atoms with van der Waals surface area (Å²) >= 11 is 1.89. The van der Waals surface area contributed by atoms with Crippen molar-refractivity contribution >= 4 is 11.8 Å². The van der Waals surface area contributed by atoms with Gasteiger partial charge in [-0.15, -0.1) is 11.8 Å². The molecule has 0 saturated heterocycles. The SMILES string of the molecule is COCCNCC(C)NCCSc1ccccc1. The van der Waals surface area contributed by atoms with Crippen molar-refractivity contribution in [3.05, 3.63) is 30.3 Å². The molecule has 0 amide bonds. The van der Waals surface area contributed by atoms with Gasteiger partial charge in [-0.1, -0.05) is 18.2 Å². The van der Waals surface area contributed by atoms with Crippen molar-refractivity contribution in [3.8, 4) is 0 Å². The third-order valence-corrected chi connectivity index (χ3v) is 3.55. The molecule has 0 bridgehead atoms. The summed E-state index contributed by atoms with van der Waals surface area (Å²) in [5.74, 6) is 1.10. The minimum Gasteiger partial charge on any atom is -0.383 e. The summed E-state index contributed by atoms with van der Waals surface area (Å²) in [5.41, 5.74) is 0. The van der Waals surface area contributed by atoms with Crippen molar-refractivity contribution in [3.63, 3.8) is 0 Å². The van der Waals surface area contributed by atoms with E-state index >= 15 is 0 Å². The molecule has 0 saturated carbocycles. The number of hydrogen-bond donors (Lipinski definition) is 2. The summed E-state index contributed by atoms with van der Waals surface area (Å²) in [6.07, 6.45) is 0. The van der Waals surface area contributed by atoms with E-state index < -0.39 is 0 Å². The van der Waals surface area contributed by atoms with E-state index in [1.165, 1.54) is 4.90 Å². The Morgan fingerprint density at radius 2 is 2.00 bits per heavy atom. The quantitative estimate of drug-likeness (QED) is 0.502. The molecule has 102 valence electrons. The monoisotopic (exact) mass is 268 g/mol. The predicted octanol–water partition coefficient (Wildman–Crippen LogP) is 1.99. The number of thioether (sulfide) groups is 1. The van der Waals surface area contributed by atoms with Gasteiger partial charge < -0.3 is 15.4 Å². The standard InChI is InChI=1S/C14H24N2OS/c1-13(12-15-8-10-17-2)16-9-11-18-14-6-4-3-5-7-14/h3-7,13,15-16H,8-12H2,1-2H3. The van der Waals surface area contributed by atoms with Gasteiger partial charge in [-0.2, -0.15) is 0 Å². The molecule has 1 unspecified atom stereocenters. The van der Waals surface area contributed by atoms with Crippen LogP contribution in [0.2, 0.25) is 0 Å². The van der Waals surface area contributed by atoms with E-state index in [1.807, 2.05) is 11.8 Å². The van der Waals surface area contributed by atoms with Crippen LogP contribution in [0, 0.1) is 0 Å². The molecule has 1 atom stereocenters. The van der Waals surface area contributed by atoms with Gasteiger partial charge in [0, 0.05) is 43.4 Å². The van der Waals surface area contributed by atoms with Crippen molar-refractivity contribution in [2.24, 2.45) is 0 Å². The highest BCUT2D eigenvalue weighted by Gasteiger charge is 2.00. The molecular formula is C14H24N2OS. The molecule has 2 N–H and O–H groups in total. The average Bonchev–Trinajstić information content (AvgIpc) is 2.41. The number of nitrogens with one attached hydrogen (secondary N) is 2. The van der Waals surface area contributed by atoms with E-state index in [-0.39, 0.29) is 0 Å². The Labute approximate surface area is 115 Å². The molecule has 1 rings (SSSR count). The van der Waals surface area contributed by atoms with Crippen molar-refractivity contribution < 1.29 is 4.74 Å². The lowest BCUT2D eigenvalue weighted by molar-refractivity contribution is 0.198. The Bertz CT molecular complexity index is 295. The van der Waals surface area contributed by atoms with E-state index in [0.29, 0.717) is 6.04 Å². The van der Waals surface area contributed by atoms with E-state index in [1.54, 1.807) is 7.11 Å². The predicted molar refractivity (Wildman–Crippen MR) is 79.4 cm³/mol. The molecular weight excluding hydrogens is 244 g/mol. The molecule has 4 heteroatoms. The van der Waals surface area contributed by atoms with Gasteiger partial charge >= 0.3 is 0 Å². The van der Waals surface area contributed by atoms with Gasteiger partial charge in [-0.05, 0) is 19.1 Å². The lowest BCUT2D eigenvalue weighted by atomic mass is 10.3. The zero-order chi connectivity index (χ0) is 13.1. The first-order valence-electron chi connectivity index (χ1n) is 6.44. The molecule has 0 fully saturated rings. The fourth-order valence-corrected chi connectivity index (χ4v) is 2.36. The van der Waals surface area contributed by atoms with Crippen LogP contribution in [0.15, 0.2) is 35.2 Å². The van der Waals surface area contributed by atoms with Crippen molar-refractivity contribution in [1.82, 2.24) is 10.6 Å². The zero-order valence-electron chi connectivity index (χ0n) is 11.3. The van der Waals surface area contributed by atoms with Gasteiger partial charge in [-0.3, -0.25) is 0 Å². The highest BCUT2D eigenvalue weighted by Crippen LogP contribution is 2.15. The fourth-order valence-electron chi connectivity index (χ4n) is 1.56. The molecule has 0 aromatic heterocycles. The molecule has 18 heavy (non-hydrogen) atoms. The molecule has 1 aromatic rings. The zero-order valence-corrected chi connectivity index (χ0v) is 12.1. The van der Waals surface area contributed by atoms with Gasteiger partial charge in [0.1, 0.15) is 0 Å². The summed E-state index contributed by atoms with van der Waals surface area (Å²) in [7, 11) is 1.73. The maximum Gasteiger partial charge on any atom is 0.0587 e. The van der Waals surface area contributed by atoms with Crippen LogP contribution >= 0.6 is 11.8 Å². The van der Waals surface area contributed by atoms with Crippen LogP contribution in [-0.2, 0) is 4.74 Å². The third kappa shape index (κ3) is 7.71. The molecule has 0 radical (unpaired) electrons. The van der Waals surface area contributed by atoms with Crippen molar-refractivity contribution in [2.45, 2.75) is 17.9 Å². The molecule has 0 heterocycles. The molecule has 0 aliphatic carbocycles. The van der Waals surface area contributed by atoms with Crippen molar-refractivity contribution in [2.75, 3.05) is 39.1 Å². The van der Waals surface area contributed by atoms with Crippen molar-refractivity contribution in [1.29, 1.82) is 0 Å². The first-order chi connectivity index (χ1) is 8.83. The molecule has 0 aliphatic heterocycles. The smallest absolute Gasteiger partial charge is 0.0587 e. The molecule has 0 aliphatic rings. The molecule has 1 aromatic carbocycles. The highest BCUT2D eigenvalue weighted by atomic mass is 32.2. The number of hydrogen-bond acceptors (Lipinski definition) is 4. The van der Waals surface area contributed by atoms with Crippen LogP contribution in [0.4, 0.5) is 0 Å². The van der Waals surface area contributed by atoms with Crippen LogP contribution in [0.5, 0.6) is 0 Å². The van der Waals surface area contributed by atoms with Gasteiger partial charge in [0.2, 0.25) is 0 Å². The number of rotatable bonds is 10. The van der Waals surface area contributed by atoms with Crippen LogP contribution < -0.4 is 10.6 Å². The highest BCUT2D eigenvalue weighted by molar-refractivity contribution is 7.99. The van der Waals surface area contributed by atoms with Crippen LogP contribution in [0.3, 0.4) is 0 Å². The number of ether oxygens (including phenoxy) is 1. The second-order valence-corrected chi connectivity index (χ2v) is 5.38. The Hall–Kier alpha value is -0.550. The van der Waals surface area contributed by atoms with Gasteiger partial charge in [0.15, 0.2) is 0 Å². The van der Waals surface area contributed by atoms with Gasteiger partial charge in [0.05, 0.1) is 6.61 Å². The molecule has 0 spiro atoms. The Balaban J connectivity index is 1.97. The maximum atomic E-state index is 4.98. The van der Waals surface area contributed by atoms with Crippen LogP contribution in [0.25, 0.3) is 0 Å². The normalized spacial score (nSPS) is 12.6. The second-order valence-electron chi connectivity index (χ2n) is 4.21.